The summed E-state index contributed by atoms with van der Waals surface area (Å²) in [5.74, 6) is 9.19. The maximum atomic E-state index is 6.01. The van der Waals surface area contributed by atoms with Gasteiger partial charge in [0.1, 0.15) is 11.3 Å². The third kappa shape index (κ3) is 1.97. The van der Waals surface area contributed by atoms with Crippen molar-refractivity contribution in [3.63, 3.8) is 0 Å². The van der Waals surface area contributed by atoms with E-state index in [4.69, 9.17) is 21.9 Å². The van der Waals surface area contributed by atoms with Crippen LogP contribution >= 0.6 is 11.6 Å². The van der Waals surface area contributed by atoms with Crippen LogP contribution in [0, 0.1) is 17.8 Å². The van der Waals surface area contributed by atoms with Crippen molar-refractivity contribution in [3.8, 4) is 0 Å². The Morgan fingerprint density at radius 1 is 1.21 bits per heavy atom. The number of rotatable bonds is 3. The molecule has 1 aromatic carbocycles. The molecule has 100 valence electrons. The second kappa shape index (κ2) is 4.23. The van der Waals surface area contributed by atoms with Crippen LogP contribution in [0.25, 0.3) is 11.0 Å². The van der Waals surface area contributed by atoms with Crippen molar-refractivity contribution >= 4 is 22.6 Å². The van der Waals surface area contributed by atoms with Gasteiger partial charge in [-0.1, -0.05) is 11.6 Å². The van der Waals surface area contributed by atoms with E-state index in [1.165, 1.54) is 19.3 Å². The highest BCUT2D eigenvalue weighted by atomic mass is 35.5. The number of hydrazine groups is 1. The number of nitrogens with one attached hydrogen (secondary N) is 1. The fraction of sp³-hybridized carbons (Fsp3) is 0.467. The van der Waals surface area contributed by atoms with Gasteiger partial charge in [-0.05, 0) is 61.3 Å². The summed E-state index contributed by atoms with van der Waals surface area (Å²) >= 11 is 6.01. The Bertz CT molecular complexity index is 614. The summed E-state index contributed by atoms with van der Waals surface area (Å²) in [6, 6.07) is 7.89. The number of benzene rings is 1. The third-order valence-electron chi connectivity index (χ3n) is 4.73. The van der Waals surface area contributed by atoms with Gasteiger partial charge in [-0.3, -0.25) is 5.84 Å². The molecular formula is C15H17ClN2O. The summed E-state index contributed by atoms with van der Waals surface area (Å²) < 4.78 is 5.94. The molecule has 0 spiro atoms. The molecule has 0 bridgehead atoms. The van der Waals surface area contributed by atoms with E-state index < -0.39 is 0 Å². The van der Waals surface area contributed by atoms with E-state index in [2.05, 4.69) is 11.5 Å². The van der Waals surface area contributed by atoms with Crippen molar-refractivity contribution in [2.24, 2.45) is 23.6 Å². The van der Waals surface area contributed by atoms with Crippen LogP contribution in [0.3, 0.4) is 0 Å². The number of furan rings is 1. The van der Waals surface area contributed by atoms with Crippen LogP contribution in [0.15, 0.2) is 28.7 Å². The standard InChI is InChI=1S/C15H17ClN2O/c16-12-1-2-13-10(6-12)7-14(19-13)15(18-17)11-4-8-3-9(8)5-11/h1-2,6-9,11,15,18H,3-5,17H2. The predicted octanol–water partition coefficient (Wildman–Crippen LogP) is 3.64. The number of hydrogen-bond acceptors (Lipinski definition) is 3. The SMILES string of the molecule is NNC(c1cc2cc(Cl)ccc2o1)C1CC2CC2C1. The quantitative estimate of drug-likeness (QED) is 0.665. The Kier molecular flexibility index (Phi) is 2.62. The molecule has 2 fully saturated rings. The Morgan fingerprint density at radius 2 is 2.00 bits per heavy atom. The zero-order valence-electron chi connectivity index (χ0n) is 10.6. The lowest BCUT2D eigenvalue weighted by atomic mass is 9.93. The summed E-state index contributed by atoms with van der Waals surface area (Å²) in [5.41, 5.74) is 3.83. The van der Waals surface area contributed by atoms with E-state index in [9.17, 15) is 0 Å². The van der Waals surface area contributed by atoms with Crippen LogP contribution in [-0.2, 0) is 0 Å². The van der Waals surface area contributed by atoms with Gasteiger partial charge in [-0.25, -0.2) is 5.43 Å². The Hall–Kier alpha value is -1.03. The molecule has 0 radical (unpaired) electrons. The van der Waals surface area contributed by atoms with Crippen molar-refractivity contribution in [1.29, 1.82) is 0 Å². The largest absolute Gasteiger partial charge is 0.459 e. The number of fused-ring (bicyclic) bond motifs is 2. The van der Waals surface area contributed by atoms with Gasteiger partial charge in [0.15, 0.2) is 0 Å². The normalized spacial score (nSPS) is 30.5. The van der Waals surface area contributed by atoms with Gasteiger partial charge in [0.2, 0.25) is 0 Å². The Labute approximate surface area is 117 Å². The van der Waals surface area contributed by atoms with E-state index >= 15 is 0 Å². The molecule has 0 saturated heterocycles. The Balaban J connectivity index is 1.67. The average Bonchev–Trinajstić information content (AvgIpc) is 2.84. The minimum Gasteiger partial charge on any atom is -0.459 e. The lowest BCUT2D eigenvalue weighted by Gasteiger charge is -2.21. The van der Waals surface area contributed by atoms with Crippen LogP contribution in [0.5, 0.6) is 0 Å². The predicted molar refractivity (Wildman–Crippen MR) is 75.6 cm³/mol. The van der Waals surface area contributed by atoms with E-state index in [0.29, 0.717) is 5.92 Å². The summed E-state index contributed by atoms with van der Waals surface area (Å²) in [5, 5.41) is 1.78. The van der Waals surface area contributed by atoms with Crippen molar-refractivity contribution in [2.45, 2.75) is 25.3 Å². The fourth-order valence-corrected chi connectivity index (χ4v) is 3.85. The van der Waals surface area contributed by atoms with Gasteiger partial charge in [0, 0.05) is 10.4 Å². The van der Waals surface area contributed by atoms with Crippen LogP contribution in [0.2, 0.25) is 5.02 Å². The fourth-order valence-electron chi connectivity index (χ4n) is 3.67. The van der Waals surface area contributed by atoms with Crippen molar-refractivity contribution < 1.29 is 4.42 Å². The van der Waals surface area contributed by atoms with Gasteiger partial charge in [-0.2, -0.15) is 0 Å². The van der Waals surface area contributed by atoms with Gasteiger partial charge in [-0.15, -0.1) is 0 Å². The lowest BCUT2D eigenvalue weighted by molar-refractivity contribution is 0.304. The summed E-state index contributed by atoms with van der Waals surface area (Å²) in [6.45, 7) is 0. The first-order chi connectivity index (χ1) is 9.24. The molecule has 19 heavy (non-hydrogen) atoms. The highest BCUT2D eigenvalue weighted by molar-refractivity contribution is 6.31. The second-order valence-electron chi connectivity index (χ2n) is 5.96. The molecule has 3 nitrogen and oxygen atoms in total. The van der Waals surface area contributed by atoms with Crippen molar-refractivity contribution in [2.75, 3.05) is 0 Å². The maximum absolute atomic E-state index is 6.01. The lowest BCUT2D eigenvalue weighted by Crippen LogP contribution is -2.32. The molecule has 4 rings (SSSR count). The first-order valence-electron chi connectivity index (χ1n) is 6.89. The molecule has 0 amide bonds. The molecule has 2 aliphatic rings. The highest BCUT2D eigenvalue weighted by Gasteiger charge is 2.48. The molecule has 1 aromatic heterocycles. The van der Waals surface area contributed by atoms with E-state index in [-0.39, 0.29) is 6.04 Å². The monoisotopic (exact) mass is 276 g/mol. The van der Waals surface area contributed by atoms with Gasteiger partial charge in [0.05, 0.1) is 6.04 Å². The smallest absolute Gasteiger partial charge is 0.134 e. The first kappa shape index (κ1) is 11.8. The summed E-state index contributed by atoms with van der Waals surface area (Å²) in [4.78, 5) is 0. The average molecular weight is 277 g/mol. The van der Waals surface area contributed by atoms with E-state index in [1.54, 1.807) is 0 Å². The number of nitrogens with two attached hydrogens (primary N) is 1. The molecule has 1 heterocycles. The first-order valence-corrected chi connectivity index (χ1v) is 7.27. The van der Waals surface area contributed by atoms with Crippen LogP contribution in [0.1, 0.15) is 31.1 Å². The molecule has 3 N–H and O–H groups in total. The summed E-state index contributed by atoms with van der Waals surface area (Å²) in [6.07, 6.45) is 3.97. The molecule has 2 aromatic rings. The van der Waals surface area contributed by atoms with Gasteiger partial charge < -0.3 is 4.42 Å². The minimum absolute atomic E-state index is 0.124. The van der Waals surface area contributed by atoms with E-state index in [1.807, 2.05) is 18.2 Å². The molecule has 0 aliphatic heterocycles. The topological polar surface area (TPSA) is 51.2 Å². The molecular weight excluding hydrogens is 260 g/mol. The maximum Gasteiger partial charge on any atom is 0.134 e. The second-order valence-corrected chi connectivity index (χ2v) is 6.40. The van der Waals surface area contributed by atoms with Gasteiger partial charge in [0.25, 0.3) is 0 Å². The molecule has 4 heteroatoms. The van der Waals surface area contributed by atoms with Crippen LogP contribution in [-0.4, -0.2) is 0 Å². The minimum atomic E-state index is 0.124. The zero-order chi connectivity index (χ0) is 13.0. The molecule has 2 aliphatic carbocycles. The van der Waals surface area contributed by atoms with Crippen LogP contribution < -0.4 is 11.3 Å². The number of hydrogen-bond donors (Lipinski definition) is 2. The number of halogens is 1. The zero-order valence-corrected chi connectivity index (χ0v) is 11.4. The molecule has 3 unspecified atom stereocenters. The van der Waals surface area contributed by atoms with Crippen molar-refractivity contribution in [3.05, 3.63) is 35.0 Å². The summed E-state index contributed by atoms with van der Waals surface area (Å²) in [7, 11) is 0. The van der Waals surface area contributed by atoms with Gasteiger partial charge >= 0.3 is 0 Å². The molecule has 2 saturated carbocycles. The van der Waals surface area contributed by atoms with Crippen molar-refractivity contribution in [1.82, 2.24) is 5.43 Å². The highest BCUT2D eigenvalue weighted by Crippen LogP contribution is 2.57. The Morgan fingerprint density at radius 3 is 2.74 bits per heavy atom. The van der Waals surface area contributed by atoms with E-state index in [0.717, 1.165) is 33.6 Å². The third-order valence-corrected chi connectivity index (χ3v) is 4.97. The van der Waals surface area contributed by atoms with Crippen LogP contribution in [0.4, 0.5) is 0 Å². The molecule has 3 atom stereocenters.